The highest BCUT2D eigenvalue weighted by atomic mass is 32.2. The van der Waals surface area contributed by atoms with Gasteiger partial charge < -0.3 is 15.4 Å². The molecule has 0 aromatic heterocycles. The van der Waals surface area contributed by atoms with Gasteiger partial charge in [-0.25, -0.2) is 0 Å². The van der Waals surface area contributed by atoms with Crippen LogP contribution in [0.15, 0.2) is 23.1 Å². The first-order chi connectivity index (χ1) is 9.11. The van der Waals surface area contributed by atoms with Crippen molar-refractivity contribution >= 4 is 34.7 Å². The molecular weight excluding hydrogens is 276 g/mol. The first-order valence-corrected chi connectivity index (χ1v) is 7.76. The summed E-state index contributed by atoms with van der Waals surface area (Å²) in [5.41, 5.74) is 7.99. The number of benzene rings is 1. The largest absolute Gasteiger partial charge is 0.389 e. The summed E-state index contributed by atoms with van der Waals surface area (Å²) in [5, 5.41) is 0. The van der Waals surface area contributed by atoms with Crippen LogP contribution in [0.25, 0.3) is 0 Å². The lowest BCUT2D eigenvalue weighted by Crippen LogP contribution is -2.24. The van der Waals surface area contributed by atoms with Crippen molar-refractivity contribution in [3.05, 3.63) is 23.8 Å². The van der Waals surface area contributed by atoms with Crippen molar-refractivity contribution in [2.24, 2.45) is 5.73 Å². The molecule has 1 rings (SSSR count). The molecule has 0 saturated heterocycles. The van der Waals surface area contributed by atoms with E-state index < -0.39 is 0 Å². The van der Waals surface area contributed by atoms with E-state index in [-0.39, 0.29) is 0 Å². The number of nitrogens with two attached hydrogens (primary N) is 1. The van der Waals surface area contributed by atoms with Crippen molar-refractivity contribution in [2.45, 2.75) is 18.2 Å². The van der Waals surface area contributed by atoms with Crippen molar-refractivity contribution in [3.8, 4) is 0 Å². The average molecular weight is 298 g/mol. The van der Waals surface area contributed by atoms with Crippen LogP contribution in [0.4, 0.5) is 5.69 Å². The fraction of sp³-hybridized carbons (Fsp3) is 0.500. The highest BCUT2D eigenvalue weighted by Crippen LogP contribution is 2.30. The number of rotatable bonds is 8. The molecule has 2 N–H and O–H groups in total. The maximum atomic E-state index is 5.91. The van der Waals surface area contributed by atoms with Gasteiger partial charge in [0.1, 0.15) is 4.99 Å². The lowest BCUT2D eigenvalue weighted by molar-refractivity contribution is 0.196. The van der Waals surface area contributed by atoms with Crippen LogP contribution in [0.3, 0.4) is 0 Å². The smallest absolute Gasteiger partial charge is 0.107 e. The molecule has 0 saturated carbocycles. The first kappa shape index (κ1) is 16.3. The van der Waals surface area contributed by atoms with E-state index in [0.29, 0.717) is 4.99 Å². The molecule has 0 unspecified atom stereocenters. The Hall–Kier alpha value is -0.780. The third-order valence-electron chi connectivity index (χ3n) is 2.80. The molecule has 19 heavy (non-hydrogen) atoms. The lowest BCUT2D eigenvalue weighted by Gasteiger charge is -2.23. The lowest BCUT2D eigenvalue weighted by atomic mass is 10.1. The van der Waals surface area contributed by atoms with Gasteiger partial charge in [-0.05, 0) is 24.3 Å². The van der Waals surface area contributed by atoms with Gasteiger partial charge in [-0.1, -0.05) is 25.2 Å². The van der Waals surface area contributed by atoms with Gasteiger partial charge in [0.05, 0.1) is 0 Å². The van der Waals surface area contributed by atoms with Crippen molar-refractivity contribution < 1.29 is 4.74 Å². The van der Waals surface area contributed by atoms with Crippen molar-refractivity contribution in [2.75, 3.05) is 38.0 Å². The molecule has 5 heteroatoms. The van der Waals surface area contributed by atoms with E-state index >= 15 is 0 Å². The number of hydrogen-bond acceptors (Lipinski definition) is 4. The number of anilines is 1. The molecule has 0 spiro atoms. The number of ether oxygens (including phenoxy) is 1. The van der Waals surface area contributed by atoms with E-state index in [2.05, 4.69) is 37.1 Å². The number of nitrogens with zero attached hydrogens (tertiary/aromatic N) is 1. The molecule has 106 valence electrons. The Morgan fingerprint density at radius 2 is 2.21 bits per heavy atom. The highest BCUT2D eigenvalue weighted by Gasteiger charge is 2.14. The molecule has 0 amide bonds. The monoisotopic (exact) mass is 298 g/mol. The summed E-state index contributed by atoms with van der Waals surface area (Å²) < 4.78 is 5.09. The molecule has 3 nitrogen and oxygen atoms in total. The molecule has 0 aliphatic heterocycles. The van der Waals surface area contributed by atoms with Crippen molar-refractivity contribution in [1.82, 2.24) is 0 Å². The third kappa shape index (κ3) is 4.67. The molecular formula is C14H22N2OS2. The highest BCUT2D eigenvalue weighted by molar-refractivity contribution is 7.99. The van der Waals surface area contributed by atoms with Crippen molar-refractivity contribution in [3.63, 3.8) is 0 Å². The van der Waals surface area contributed by atoms with E-state index in [1.807, 2.05) is 0 Å². The van der Waals surface area contributed by atoms with Crippen LogP contribution in [-0.4, -0.2) is 38.1 Å². The Bertz CT molecular complexity index is 424. The summed E-state index contributed by atoms with van der Waals surface area (Å²) in [6, 6.07) is 6.21. The zero-order valence-electron chi connectivity index (χ0n) is 11.8. The van der Waals surface area contributed by atoms with E-state index in [1.54, 1.807) is 18.9 Å². The van der Waals surface area contributed by atoms with Gasteiger partial charge in [-0.2, -0.15) is 0 Å². The van der Waals surface area contributed by atoms with E-state index in [0.717, 1.165) is 41.5 Å². The number of thiocarbonyl (C=S) groups is 1. The van der Waals surface area contributed by atoms with Crippen LogP contribution >= 0.6 is 24.0 Å². The summed E-state index contributed by atoms with van der Waals surface area (Å²) >= 11 is 6.99. The number of methoxy groups -OCH3 is 1. The molecule has 0 aliphatic rings. The van der Waals surface area contributed by atoms with Gasteiger partial charge in [-0.15, -0.1) is 11.8 Å². The van der Waals surface area contributed by atoms with Gasteiger partial charge in [0.15, 0.2) is 0 Å². The van der Waals surface area contributed by atoms with Gasteiger partial charge in [0.2, 0.25) is 0 Å². The molecule has 0 heterocycles. The Balaban J connectivity index is 2.98. The molecule has 0 bridgehead atoms. The van der Waals surface area contributed by atoms with Gasteiger partial charge in [0, 0.05) is 43.5 Å². The normalized spacial score (nSPS) is 10.5. The predicted molar refractivity (Wildman–Crippen MR) is 88.5 cm³/mol. The molecule has 0 aliphatic carbocycles. The summed E-state index contributed by atoms with van der Waals surface area (Å²) in [5.74, 6) is 1.01. The number of thioether (sulfide) groups is 1. The molecule has 1 aromatic rings. The zero-order valence-corrected chi connectivity index (χ0v) is 13.4. The quantitative estimate of drug-likeness (QED) is 0.454. The van der Waals surface area contributed by atoms with Crippen LogP contribution in [0.1, 0.15) is 18.9 Å². The van der Waals surface area contributed by atoms with Crippen LogP contribution in [0, 0.1) is 0 Å². The zero-order chi connectivity index (χ0) is 14.3. The average Bonchev–Trinajstić information content (AvgIpc) is 2.38. The van der Waals surface area contributed by atoms with Gasteiger partial charge >= 0.3 is 0 Å². The summed E-state index contributed by atoms with van der Waals surface area (Å²) in [6.07, 6.45) is 0.981. The third-order valence-corrected chi connectivity index (χ3v) is 3.95. The second-order valence-corrected chi connectivity index (χ2v) is 5.96. The summed E-state index contributed by atoms with van der Waals surface area (Å²) in [4.78, 5) is 3.81. The van der Waals surface area contributed by atoms with E-state index in [9.17, 15) is 0 Å². The minimum Gasteiger partial charge on any atom is -0.389 e. The van der Waals surface area contributed by atoms with E-state index in [4.69, 9.17) is 22.7 Å². The van der Waals surface area contributed by atoms with Crippen LogP contribution in [-0.2, 0) is 4.74 Å². The first-order valence-electron chi connectivity index (χ1n) is 6.37. The summed E-state index contributed by atoms with van der Waals surface area (Å²) in [7, 11) is 3.78. The fourth-order valence-electron chi connectivity index (χ4n) is 1.93. The maximum absolute atomic E-state index is 5.91. The minimum atomic E-state index is 0.463. The second kappa shape index (κ2) is 8.40. The predicted octanol–water partition coefficient (Wildman–Crippen LogP) is 2.91. The standard InChI is InChI=1S/C14H22N2OS2/c1-4-19-12-8-5-7-11(13(12)14(15)18)16(2)9-6-10-17-3/h5,7-8H,4,6,9-10H2,1-3H3,(H2,15,18). The Morgan fingerprint density at radius 3 is 2.79 bits per heavy atom. The fourth-order valence-corrected chi connectivity index (χ4v) is 3.05. The topological polar surface area (TPSA) is 38.5 Å². The number of hydrogen-bond donors (Lipinski definition) is 1. The maximum Gasteiger partial charge on any atom is 0.107 e. The SMILES string of the molecule is CCSc1cccc(N(C)CCCOC)c1C(N)=S. The Morgan fingerprint density at radius 1 is 1.47 bits per heavy atom. The molecule has 0 radical (unpaired) electrons. The Labute approximate surface area is 125 Å². The minimum absolute atomic E-state index is 0.463. The molecule has 1 aromatic carbocycles. The molecule has 0 fully saturated rings. The van der Waals surface area contributed by atoms with Crippen LogP contribution in [0.5, 0.6) is 0 Å². The molecule has 0 atom stereocenters. The van der Waals surface area contributed by atoms with Gasteiger partial charge in [0.25, 0.3) is 0 Å². The van der Waals surface area contributed by atoms with Crippen LogP contribution in [0.2, 0.25) is 0 Å². The second-order valence-electron chi connectivity index (χ2n) is 4.22. The van der Waals surface area contributed by atoms with E-state index in [1.165, 1.54) is 0 Å². The van der Waals surface area contributed by atoms with Gasteiger partial charge in [-0.3, -0.25) is 0 Å². The van der Waals surface area contributed by atoms with Crippen molar-refractivity contribution in [1.29, 1.82) is 0 Å². The summed E-state index contributed by atoms with van der Waals surface area (Å²) in [6.45, 7) is 3.81. The van der Waals surface area contributed by atoms with Crippen LogP contribution < -0.4 is 10.6 Å². The Kier molecular flexibility index (Phi) is 7.20.